The SMILES string of the molecule is CNC(=O)c1ccc(CN(C)C(=O)CCc2ccccc2O)cc1. The number of phenols is 1. The van der Waals surface area contributed by atoms with E-state index < -0.39 is 0 Å². The molecule has 24 heavy (non-hydrogen) atoms. The number of carbonyl (C=O) groups is 2. The Morgan fingerprint density at radius 1 is 1.08 bits per heavy atom. The van der Waals surface area contributed by atoms with Crippen LogP contribution in [0.25, 0.3) is 0 Å². The summed E-state index contributed by atoms with van der Waals surface area (Å²) in [6.45, 7) is 0.480. The van der Waals surface area contributed by atoms with E-state index in [9.17, 15) is 14.7 Å². The molecule has 0 saturated heterocycles. The van der Waals surface area contributed by atoms with Crippen molar-refractivity contribution in [1.29, 1.82) is 0 Å². The van der Waals surface area contributed by atoms with Gasteiger partial charge in [0.1, 0.15) is 5.75 Å². The maximum atomic E-state index is 12.2. The molecule has 0 aliphatic carbocycles. The lowest BCUT2D eigenvalue weighted by atomic mass is 10.1. The van der Waals surface area contributed by atoms with E-state index in [1.165, 1.54) is 0 Å². The van der Waals surface area contributed by atoms with Gasteiger partial charge in [-0.05, 0) is 35.7 Å². The number of benzene rings is 2. The molecule has 5 heteroatoms. The molecule has 0 radical (unpaired) electrons. The molecule has 0 fully saturated rings. The zero-order valence-corrected chi connectivity index (χ0v) is 14.0. The highest BCUT2D eigenvalue weighted by Gasteiger charge is 2.11. The second-order valence-corrected chi connectivity index (χ2v) is 5.65. The van der Waals surface area contributed by atoms with Crippen LogP contribution in [0, 0.1) is 0 Å². The zero-order valence-electron chi connectivity index (χ0n) is 14.0. The van der Waals surface area contributed by atoms with Gasteiger partial charge in [-0.1, -0.05) is 30.3 Å². The Hall–Kier alpha value is -2.82. The Bertz CT molecular complexity index is 711. The molecule has 2 aromatic carbocycles. The molecule has 126 valence electrons. The van der Waals surface area contributed by atoms with Crippen molar-refractivity contribution in [2.24, 2.45) is 0 Å². The highest BCUT2D eigenvalue weighted by molar-refractivity contribution is 5.93. The molecule has 5 nitrogen and oxygen atoms in total. The Morgan fingerprint density at radius 2 is 1.75 bits per heavy atom. The number of hydrogen-bond donors (Lipinski definition) is 2. The number of aryl methyl sites for hydroxylation is 1. The number of nitrogens with one attached hydrogen (secondary N) is 1. The van der Waals surface area contributed by atoms with Crippen LogP contribution in [0.1, 0.15) is 27.9 Å². The van der Waals surface area contributed by atoms with Crippen molar-refractivity contribution in [1.82, 2.24) is 10.2 Å². The molecular weight excluding hydrogens is 304 g/mol. The molecule has 0 saturated carbocycles. The van der Waals surface area contributed by atoms with Gasteiger partial charge in [-0.15, -0.1) is 0 Å². The van der Waals surface area contributed by atoms with Gasteiger partial charge in [0.2, 0.25) is 5.91 Å². The highest BCUT2D eigenvalue weighted by Crippen LogP contribution is 2.18. The van der Waals surface area contributed by atoms with Gasteiger partial charge in [0.25, 0.3) is 5.91 Å². The van der Waals surface area contributed by atoms with Gasteiger partial charge in [-0.2, -0.15) is 0 Å². The van der Waals surface area contributed by atoms with Crippen LogP contribution in [0.5, 0.6) is 5.75 Å². The largest absolute Gasteiger partial charge is 0.508 e. The summed E-state index contributed by atoms with van der Waals surface area (Å²) in [4.78, 5) is 25.4. The summed E-state index contributed by atoms with van der Waals surface area (Å²) in [6, 6.07) is 14.2. The minimum Gasteiger partial charge on any atom is -0.508 e. The van der Waals surface area contributed by atoms with Gasteiger partial charge in [0.15, 0.2) is 0 Å². The van der Waals surface area contributed by atoms with Crippen molar-refractivity contribution in [2.45, 2.75) is 19.4 Å². The molecular formula is C19H22N2O3. The number of para-hydroxylation sites is 1. The molecule has 2 aromatic rings. The van der Waals surface area contributed by atoms with Crippen LogP contribution in [0.3, 0.4) is 0 Å². The standard InChI is InChI=1S/C19H22N2O3/c1-20-19(24)16-9-7-14(8-10-16)13-21(2)18(23)12-11-15-5-3-4-6-17(15)22/h3-10,22H,11-13H2,1-2H3,(H,20,24). The monoisotopic (exact) mass is 326 g/mol. The fourth-order valence-electron chi connectivity index (χ4n) is 2.42. The van der Waals surface area contributed by atoms with Gasteiger partial charge in [-0.3, -0.25) is 9.59 Å². The number of hydrogen-bond acceptors (Lipinski definition) is 3. The predicted molar refractivity (Wildman–Crippen MR) is 92.7 cm³/mol. The molecule has 0 unspecified atom stereocenters. The number of aromatic hydroxyl groups is 1. The first kappa shape index (κ1) is 17.5. The van der Waals surface area contributed by atoms with E-state index in [4.69, 9.17) is 0 Å². The molecule has 0 aliphatic heterocycles. The normalized spacial score (nSPS) is 10.2. The van der Waals surface area contributed by atoms with E-state index in [0.717, 1.165) is 11.1 Å². The van der Waals surface area contributed by atoms with Crippen molar-refractivity contribution in [3.8, 4) is 5.75 Å². The molecule has 0 heterocycles. The first-order valence-electron chi connectivity index (χ1n) is 7.83. The molecule has 0 bridgehead atoms. The van der Waals surface area contributed by atoms with Crippen LogP contribution in [0.4, 0.5) is 0 Å². The van der Waals surface area contributed by atoms with Crippen LogP contribution in [-0.4, -0.2) is 35.9 Å². The summed E-state index contributed by atoms with van der Waals surface area (Å²) >= 11 is 0. The van der Waals surface area contributed by atoms with Crippen LogP contribution in [-0.2, 0) is 17.8 Å². The average molecular weight is 326 g/mol. The Morgan fingerprint density at radius 3 is 2.38 bits per heavy atom. The Kier molecular flexibility index (Phi) is 5.95. The van der Waals surface area contributed by atoms with E-state index in [1.54, 1.807) is 43.3 Å². The number of phenolic OH excluding ortho intramolecular Hbond substituents is 1. The fourth-order valence-corrected chi connectivity index (χ4v) is 2.42. The third-order valence-electron chi connectivity index (χ3n) is 3.89. The molecule has 2 amide bonds. The quantitative estimate of drug-likeness (QED) is 0.856. The van der Waals surface area contributed by atoms with Gasteiger partial charge in [0.05, 0.1) is 0 Å². The lowest BCUT2D eigenvalue weighted by Crippen LogP contribution is -2.26. The van der Waals surface area contributed by atoms with Gasteiger partial charge >= 0.3 is 0 Å². The Labute approximate surface area is 141 Å². The molecule has 2 N–H and O–H groups in total. The maximum Gasteiger partial charge on any atom is 0.251 e. The number of amides is 2. The van der Waals surface area contributed by atoms with E-state index >= 15 is 0 Å². The smallest absolute Gasteiger partial charge is 0.251 e. The van der Waals surface area contributed by atoms with E-state index in [1.807, 2.05) is 24.3 Å². The first-order chi connectivity index (χ1) is 11.5. The van der Waals surface area contributed by atoms with E-state index in [0.29, 0.717) is 24.9 Å². The lowest BCUT2D eigenvalue weighted by molar-refractivity contribution is -0.130. The van der Waals surface area contributed by atoms with Crippen molar-refractivity contribution >= 4 is 11.8 Å². The van der Waals surface area contributed by atoms with Gasteiger partial charge in [-0.25, -0.2) is 0 Å². The van der Waals surface area contributed by atoms with Crippen molar-refractivity contribution in [3.63, 3.8) is 0 Å². The van der Waals surface area contributed by atoms with Crippen LogP contribution in [0.2, 0.25) is 0 Å². The molecule has 2 rings (SSSR count). The summed E-state index contributed by atoms with van der Waals surface area (Å²) in [7, 11) is 3.34. The Balaban J connectivity index is 1.89. The molecule has 0 spiro atoms. The van der Waals surface area contributed by atoms with Gasteiger partial charge < -0.3 is 15.3 Å². The summed E-state index contributed by atoms with van der Waals surface area (Å²) in [5.41, 5.74) is 2.32. The predicted octanol–water partition coefficient (Wildman–Crippen LogP) is 2.34. The fraction of sp³-hybridized carbons (Fsp3) is 0.263. The maximum absolute atomic E-state index is 12.2. The average Bonchev–Trinajstić information content (AvgIpc) is 2.60. The highest BCUT2D eigenvalue weighted by atomic mass is 16.3. The minimum absolute atomic E-state index is 0.00799. The zero-order chi connectivity index (χ0) is 17.5. The van der Waals surface area contributed by atoms with Crippen LogP contribution >= 0.6 is 0 Å². The van der Waals surface area contributed by atoms with Crippen LogP contribution in [0.15, 0.2) is 48.5 Å². The topological polar surface area (TPSA) is 69.6 Å². The summed E-state index contributed by atoms with van der Waals surface area (Å²) in [6.07, 6.45) is 0.843. The van der Waals surface area contributed by atoms with Crippen molar-refractivity contribution in [3.05, 3.63) is 65.2 Å². The van der Waals surface area contributed by atoms with Crippen molar-refractivity contribution < 1.29 is 14.7 Å². The first-order valence-corrected chi connectivity index (χ1v) is 7.83. The van der Waals surface area contributed by atoms with Crippen LogP contribution < -0.4 is 5.32 Å². The second kappa shape index (κ2) is 8.15. The van der Waals surface area contributed by atoms with E-state index in [2.05, 4.69) is 5.32 Å². The molecule has 0 aromatic heterocycles. The minimum atomic E-state index is -0.131. The molecule has 0 atom stereocenters. The third-order valence-corrected chi connectivity index (χ3v) is 3.89. The summed E-state index contributed by atoms with van der Waals surface area (Å²) in [5.74, 6) is 0.0972. The number of nitrogens with zero attached hydrogens (tertiary/aromatic N) is 1. The second-order valence-electron chi connectivity index (χ2n) is 5.65. The lowest BCUT2D eigenvalue weighted by Gasteiger charge is -2.17. The summed E-state index contributed by atoms with van der Waals surface area (Å²) < 4.78 is 0. The number of rotatable bonds is 6. The molecule has 0 aliphatic rings. The number of carbonyl (C=O) groups excluding carboxylic acids is 2. The summed E-state index contributed by atoms with van der Waals surface area (Å²) in [5, 5.41) is 12.3. The van der Waals surface area contributed by atoms with E-state index in [-0.39, 0.29) is 17.6 Å². The van der Waals surface area contributed by atoms with Crippen molar-refractivity contribution in [2.75, 3.05) is 14.1 Å². The van der Waals surface area contributed by atoms with Gasteiger partial charge in [0, 0.05) is 32.6 Å². The third kappa shape index (κ3) is 4.59.